The van der Waals surface area contributed by atoms with E-state index in [9.17, 15) is 45.6 Å². The van der Waals surface area contributed by atoms with Gasteiger partial charge in [0.15, 0.2) is 12.6 Å². The van der Waals surface area contributed by atoms with Crippen LogP contribution in [0, 0.1) is 0 Å². The minimum atomic E-state index is -1.76. The van der Waals surface area contributed by atoms with Gasteiger partial charge in [-0.25, -0.2) is 0 Å². The number of nitrogens with one attached hydrogen (secondary N) is 1. The third-order valence-corrected chi connectivity index (χ3v) is 7.29. The summed E-state index contributed by atoms with van der Waals surface area (Å²) in [6.07, 6.45) is -19.9. The molecule has 3 fully saturated rings. The molecule has 0 spiro atoms. The largest absolute Gasteiger partial charge is 0.394 e. The summed E-state index contributed by atoms with van der Waals surface area (Å²) in [5.41, 5.74) is 23.0. The van der Waals surface area contributed by atoms with Crippen molar-refractivity contribution in [1.82, 2.24) is 5.32 Å². The average Bonchev–Trinajstić information content (AvgIpc) is 2.92. The first-order chi connectivity index (χ1) is 18.4. The number of carbonyl (C=O) groups is 1. The quantitative estimate of drug-likeness (QED) is 0.122. The first kappa shape index (κ1) is 32.3. The van der Waals surface area contributed by atoms with Crippen LogP contribution in [0.4, 0.5) is 0 Å². The lowest BCUT2D eigenvalue weighted by Crippen LogP contribution is -2.69. The van der Waals surface area contributed by atoms with Gasteiger partial charge in [0.2, 0.25) is 5.91 Å². The Hall–Kier alpha value is -1.17. The number of aliphatic hydroxyl groups is 8. The van der Waals surface area contributed by atoms with Crippen molar-refractivity contribution in [2.75, 3.05) is 19.7 Å². The van der Waals surface area contributed by atoms with Crippen LogP contribution in [0.25, 0.3) is 0 Å². The van der Waals surface area contributed by atoms with Gasteiger partial charge in [-0.2, -0.15) is 0 Å². The summed E-state index contributed by atoms with van der Waals surface area (Å²) < 4.78 is 22.4. The molecule has 1 saturated carbocycles. The maximum Gasteiger partial charge on any atom is 0.250 e. The molecule has 18 nitrogen and oxygen atoms in total. The van der Waals surface area contributed by atoms with Crippen LogP contribution in [-0.4, -0.2) is 164 Å². The molecule has 2 saturated heterocycles. The summed E-state index contributed by atoms with van der Waals surface area (Å²) in [5.74, 6) is -0.908. The molecule has 17 N–H and O–H groups in total. The van der Waals surface area contributed by atoms with E-state index in [1.165, 1.54) is 0 Å². The molecule has 2 aliphatic heterocycles. The maximum absolute atomic E-state index is 12.4. The van der Waals surface area contributed by atoms with E-state index < -0.39 is 117 Å². The van der Waals surface area contributed by atoms with E-state index in [0.717, 1.165) is 0 Å². The molecular formula is C21H41N5O13. The highest BCUT2D eigenvalue weighted by Gasteiger charge is 2.52. The predicted molar refractivity (Wildman–Crippen MR) is 127 cm³/mol. The summed E-state index contributed by atoms with van der Waals surface area (Å²) in [6.45, 7) is -1.32. The van der Waals surface area contributed by atoms with Gasteiger partial charge >= 0.3 is 0 Å². The van der Waals surface area contributed by atoms with Crippen molar-refractivity contribution in [3.63, 3.8) is 0 Å². The zero-order valence-electron chi connectivity index (χ0n) is 21.0. The lowest BCUT2D eigenvalue weighted by Gasteiger charge is -2.49. The Morgan fingerprint density at radius 3 is 2.03 bits per heavy atom. The van der Waals surface area contributed by atoms with Gasteiger partial charge in [-0.3, -0.25) is 4.79 Å². The van der Waals surface area contributed by atoms with Crippen LogP contribution in [0.1, 0.15) is 6.42 Å². The molecular weight excluding hydrogens is 530 g/mol. The number of hydrogen-bond donors (Lipinski definition) is 13. The Kier molecular flexibility index (Phi) is 11.3. The summed E-state index contributed by atoms with van der Waals surface area (Å²) in [5, 5.41) is 84.4. The number of ether oxygens (including phenoxy) is 4. The van der Waals surface area contributed by atoms with Gasteiger partial charge < -0.3 is 88.1 Å². The SMILES string of the molecule is NCC(O)C(=O)NC1CC(N)[C@@H](O[C@@H]2OC(CN)[C@H](O)[C@H](O)C2O)[C@@H](O)C1O[C@@H]1OC(CO)[C@H](O)[C@H](N)C1O. The van der Waals surface area contributed by atoms with E-state index >= 15 is 0 Å². The van der Waals surface area contributed by atoms with E-state index in [0.29, 0.717) is 0 Å². The first-order valence-corrected chi connectivity index (χ1v) is 12.6. The molecule has 0 radical (unpaired) electrons. The standard InChI is InChI=1S/C21H41N5O13/c22-2-7(28)19(35)26-6-1-5(24)17(38-21-15(33)14(32)12(30)8(3-23)36-21)16(34)18(6)39-20-13(31)10(25)11(29)9(4-27)37-20/h5-18,20-21,27-34H,1-4,22-25H2,(H,26,35)/t5?,6?,7?,8?,9?,10-,11-,12-,13?,14-,15?,16+,17+,18?,20-,21-/m0/s1. The fourth-order valence-corrected chi connectivity index (χ4v) is 4.89. The van der Waals surface area contributed by atoms with Crippen LogP contribution in [0.15, 0.2) is 0 Å². The molecule has 8 unspecified atom stereocenters. The summed E-state index contributed by atoms with van der Waals surface area (Å²) in [7, 11) is 0. The van der Waals surface area contributed by atoms with E-state index in [2.05, 4.69) is 5.32 Å². The molecule has 18 heteroatoms. The Labute approximate surface area is 223 Å². The monoisotopic (exact) mass is 571 g/mol. The van der Waals surface area contributed by atoms with Crippen LogP contribution in [0.5, 0.6) is 0 Å². The number of amides is 1. The number of aliphatic hydroxyl groups excluding tert-OH is 8. The normalized spacial score (nSPS) is 47.9. The van der Waals surface area contributed by atoms with Gasteiger partial charge in [0.25, 0.3) is 0 Å². The lowest BCUT2D eigenvalue weighted by atomic mass is 9.83. The second-order valence-electron chi connectivity index (χ2n) is 9.99. The number of hydrogen-bond acceptors (Lipinski definition) is 17. The molecule has 0 aromatic rings. The molecule has 2 heterocycles. The Morgan fingerprint density at radius 1 is 0.846 bits per heavy atom. The highest BCUT2D eigenvalue weighted by Crippen LogP contribution is 2.32. The summed E-state index contributed by atoms with van der Waals surface area (Å²) in [4.78, 5) is 12.4. The van der Waals surface area contributed by atoms with Crippen LogP contribution >= 0.6 is 0 Å². The van der Waals surface area contributed by atoms with Crippen molar-refractivity contribution in [2.24, 2.45) is 22.9 Å². The minimum Gasteiger partial charge on any atom is -0.394 e. The topological polar surface area (TPSA) is 332 Å². The number of rotatable bonds is 9. The van der Waals surface area contributed by atoms with E-state index in [-0.39, 0.29) is 13.0 Å². The highest BCUT2D eigenvalue weighted by atomic mass is 16.7. The minimum absolute atomic E-state index is 0.148. The molecule has 1 amide bonds. The molecule has 16 atom stereocenters. The molecule has 3 aliphatic rings. The van der Waals surface area contributed by atoms with Crippen molar-refractivity contribution in [1.29, 1.82) is 0 Å². The van der Waals surface area contributed by atoms with E-state index in [1.807, 2.05) is 0 Å². The van der Waals surface area contributed by atoms with Gasteiger partial charge in [0, 0.05) is 19.1 Å². The van der Waals surface area contributed by atoms with Crippen LogP contribution in [0.3, 0.4) is 0 Å². The molecule has 39 heavy (non-hydrogen) atoms. The predicted octanol–water partition coefficient (Wildman–Crippen LogP) is -8.81. The van der Waals surface area contributed by atoms with Gasteiger partial charge in [0.05, 0.1) is 18.7 Å². The molecule has 0 bridgehead atoms. The molecule has 3 rings (SSSR count). The van der Waals surface area contributed by atoms with E-state index in [4.69, 9.17) is 41.9 Å². The fourth-order valence-electron chi connectivity index (χ4n) is 4.89. The second-order valence-corrected chi connectivity index (χ2v) is 9.99. The van der Waals surface area contributed by atoms with Gasteiger partial charge in [-0.05, 0) is 6.42 Å². The van der Waals surface area contributed by atoms with Crippen molar-refractivity contribution in [3.8, 4) is 0 Å². The zero-order chi connectivity index (χ0) is 29.2. The highest BCUT2D eigenvalue weighted by molar-refractivity contribution is 5.81. The summed E-state index contributed by atoms with van der Waals surface area (Å²) >= 11 is 0. The lowest BCUT2D eigenvalue weighted by molar-refractivity contribution is -0.332. The molecule has 0 aromatic carbocycles. The van der Waals surface area contributed by atoms with Crippen molar-refractivity contribution in [3.05, 3.63) is 0 Å². The zero-order valence-corrected chi connectivity index (χ0v) is 21.0. The Bertz CT molecular complexity index is 799. The van der Waals surface area contributed by atoms with Crippen LogP contribution in [-0.2, 0) is 23.7 Å². The van der Waals surface area contributed by atoms with Crippen molar-refractivity contribution >= 4 is 5.91 Å². The molecule has 228 valence electrons. The third-order valence-electron chi connectivity index (χ3n) is 7.29. The maximum atomic E-state index is 12.4. The molecule has 1 aliphatic carbocycles. The first-order valence-electron chi connectivity index (χ1n) is 12.6. The average molecular weight is 572 g/mol. The van der Waals surface area contributed by atoms with Crippen LogP contribution < -0.4 is 28.3 Å². The number of carbonyl (C=O) groups excluding carboxylic acids is 1. The van der Waals surface area contributed by atoms with Gasteiger partial charge in [0.1, 0.15) is 67.1 Å². The fraction of sp³-hybridized carbons (Fsp3) is 0.952. The summed E-state index contributed by atoms with van der Waals surface area (Å²) in [6, 6.07) is -3.48. The van der Waals surface area contributed by atoms with Gasteiger partial charge in [-0.15, -0.1) is 0 Å². The second kappa shape index (κ2) is 13.7. The van der Waals surface area contributed by atoms with Gasteiger partial charge in [-0.1, -0.05) is 0 Å². The van der Waals surface area contributed by atoms with Crippen LogP contribution in [0.2, 0.25) is 0 Å². The Morgan fingerprint density at radius 2 is 1.44 bits per heavy atom. The van der Waals surface area contributed by atoms with E-state index in [1.54, 1.807) is 0 Å². The van der Waals surface area contributed by atoms with Crippen molar-refractivity contribution in [2.45, 2.75) is 104 Å². The van der Waals surface area contributed by atoms with Crippen molar-refractivity contribution < 1.29 is 64.6 Å². The number of nitrogens with two attached hydrogens (primary N) is 4. The smallest absolute Gasteiger partial charge is 0.250 e. The Balaban J connectivity index is 1.85. The molecule has 0 aromatic heterocycles. The third kappa shape index (κ3) is 6.84.